The number of halogens is 3. The van der Waals surface area contributed by atoms with Crippen LogP contribution in [0.3, 0.4) is 0 Å². The van der Waals surface area contributed by atoms with Crippen LogP contribution in [0.15, 0.2) is 18.2 Å². The van der Waals surface area contributed by atoms with Crippen LogP contribution in [-0.4, -0.2) is 29.8 Å². The van der Waals surface area contributed by atoms with Gasteiger partial charge in [-0.05, 0) is 41.3 Å². The Bertz CT molecular complexity index is 815. The van der Waals surface area contributed by atoms with Crippen molar-refractivity contribution in [3.8, 4) is 11.5 Å². The molecule has 0 aliphatic carbocycles. The Morgan fingerprint density at radius 1 is 1.28 bits per heavy atom. The van der Waals surface area contributed by atoms with Crippen LogP contribution in [0.4, 0.5) is 13.2 Å². The number of thiophene rings is 1. The molecule has 0 bridgehead atoms. The lowest BCUT2D eigenvalue weighted by Gasteiger charge is -2.40. The number of methoxy groups -OCH3 is 1. The van der Waals surface area contributed by atoms with Crippen LogP contribution in [0.2, 0.25) is 0 Å². The highest BCUT2D eigenvalue weighted by atomic mass is 32.1. The van der Waals surface area contributed by atoms with Crippen LogP contribution in [-0.2, 0) is 25.8 Å². The zero-order chi connectivity index (χ0) is 17.8. The molecule has 3 nitrogen and oxygen atoms in total. The largest absolute Gasteiger partial charge is 0.504 e. The van der Waals surface area contributed by atoms with E-state index in [-0.39, 0.29) is 11.8 Å². The molecule has 2 aliphatic rings. The molecule has 134 valence electrons. The van der Waals surface area contributed by atoms with E-state index in [0.717, 1.165) is 34.5 Å². The van der Waals surface area contributed by atoms with Gasteiger partial charge in [0.2, 0.25) is 0 Å². The quantitative estimate of drug-likeness (QED) is 0.860. The Morgan fingerprint density at radius 2 is 2.08 bits per heavy atom. The van der Waals surface area contributed by atoms with Crippen LogP contribution in [0, 0.1) is 0 Å². The number of phenolic OH excluding ortho intramolecular Hbond substituents is 1. The average molecular weight is 369 g/mol. The number of fused-ring (bicyclic) bond motifs is 4. The third kappa shape index (κ3) is 3.11. The minimum Gasteiger partial charge on any atom is -0.504 e. The fourth-order valence-electron chi connectivity index (χ4n) is 3.88. The molecule has 0 spiro atoms. The van der Waals surface area contributed by atoms with E-state index in [9.17, 15) is 18.3 Å². The lowest BCUT2D eigenvalue weighted by Crippen LogP contribution is -2.38. The normalized spacial score (nSPS) is 19.9. The summed E-state index contributed by atoms with van der Waals surface area (Å²) >= 11 is 1.27. The molecule has 0 saturated heterocycles. The number of alkyl halides is 3. The second-order valence-corrected chi connectivity index (χ2v) is 7.84. The summed E-state index contributed by atoms with van der Waals surface area (Å²) in [6, 6.07) is 5.44. The third-order valence-electron chi connectivity index (χ3n) is 4.98. The zero-order valence-electron chi connectivity index (χ0n) is 13.7. The fraction of sp³-hybridized carbons (Fsp3) is 0.444. The van der Waals surface area contributed by atoms with E-state index in [1.54, 1.807) is 12.1 Å². The van der Waals surface area contributed by atoms with Gasteiger partial charge < -0.3 is 9.84 Å². The molecule has 2 aliphatic heterocycles. The SMILES string of the molecule is COc1cc2c(cc1O)C1Cc3sc(CC(F)(F)F)cc3CN1CC2. The molecule has 0 radical (unpaired) electrons. The smallest absolute Gasteiger partial charge is 0.393 e. The van der Waals surface area contributed by atoms with Crippen LogP contribution in [0.5, 0.6) is 11.5 Å². The third-order valence-corrected chi connectivity index (χ3v) is 6.18. The Balaban J connectivity index is 1.66. The minimum absolute atomic E-state index is 0.102. The van der Waals surface area contributed by atoms with Crippen LogP contribution < -0.4 is 4.74 Å². The van der Waals surface area contributed by atoms with Crippen LogP contribution in [0.25, 0.3) is 0 Å². The van der Waals surface area contributed by atoms with Crippen molar-refractivity contribution < 1.29 is 23.0 Å². The highest BCUT2D eigenvalue weighted by molar-refractivity contribution is 7.12. The maximum Gasteiger partial charge on any atom is 0.393 e. The first-order valence-electron chi connectivity index (χ1n) is 8.15. The van der Waals surface area contributed by atoms with Gasteiger partial charge in [-0.2, -0.15) is 13.2 Å². The summed E-state index contributed by atoms with van der Waals surface area (Å²) in [4.78, 5) is 3.71. The standard InChI is InChI=1S/C18H18F3NO2S/c1-24-16-5-10-2-3-22-9-11-4-12(8-18(19,20)21)25-17(11)7-14(22)13(10)6-15(16)23/h4-6,14,23H,2-3,7-9H2,1H3. The molecule has 7 heteroatoms. The molecule has 0 amide bonds. The molecule has 2 aromatic rings. The van der Waals surface area contributed by atoms with Crippen molar-refractivity contribution in [3.05, 3.63) is 44.6 Å². The van der Waals surface area contributed by atoms with Gasteiger partial charge >= 0.3 is 6.18 Å². The minimum atomic E-state index is -4.17. The number of ether oxygens (including phenoxy) is 1. The van der Waals surface area contributed by atoms with Crippen LogP contribution in [0.1, 0.15) is 32.5 Å². The van der Waals surface area contributed by atoms with Crippen molar-refractivity contribution >= 4 is 11.3 Å². The van der Waals surface area contributed by atoms with Gasteiger partial charge in [0.15, 0.2) is 11.5 Å². The lowest BCUT2D eigenvalue weighted by atomic mass is 9.86. The van der Waals surface area contributed by atoms with Gasteiger partial charge in [0.25, 0.3) is 0 Å². The molecular formula is C18H18F3NO2S. The molecule has 4 rings (SSSR count). The maximum atomic E-state index is 12.7. The molecule has 1 aromatic heterocycles. The van der Waals surface area contributed by atoms with E-state index in [2.05, 4.69) is 4.90 Å². The van der Waals surface area contributed by atoms with E-state index in [4.69, 9.17) is 4.74 Å². The van der Waals surface area contributed by atoms with Crippen molar-refractivity contribution in [3.63, 3.8) is 0 Å². The van der Waals surface area contributed by atoms with Gasteiger partial charge in [-0.3, -0.25) is 4.90 Å². The summed E-state index contributed by atoms with van der Waals surface area (Å²) in [6.45, 7) is 1.52. The molecule has 0 saturated carbocycles. The number of nitrogens with zero attached hydrogens (tertiary/aromatic N) is 1. The molecule has 1 aromatic carbocycles. The zero-order valence-corrected chi connectivity index (χ0v) is 14.5. The van der Waals surface area contributed by atoms with Crippen molar-refractivity contribution in [1.29, 1.82) is 0 Å². The Labute approximate surface area is 147 Å². The second kappa shape index (κ2) is 5.92. The molecule has 1 unspecified atom stereocenters. The first kappa shape index (κ1) is 16.7. The topological polar surface area (TPSA) is 32.7 Å². The fourth-order valence-corrected chi connectivity index (χ4v) is 5.12. The Kier molecular flexibility index (Phi) is 3.96. The second-order valence-electron chi connectivity index (χ2n) is 6.62. The Hall–Kier alpha value is -1.73. The lowest BCUT2D eigenvalue weighted by molar-refractivity contribution is -0.126. The summed E-state index contributed by atoms with van der Waals surface area (Å²) in [5, 5.41) is 10.1. The van der Waals surface area contributed by atoms with E-state index < -0.39 is 12.6 Å². The number of hydrogen-bond donors (Lipinski definition) is 1. The monoisotopic (exact) mass is 369 g/mol. The van der Waals surface area contributed by atoms with Crippen molar-refractivity contribution in [1.82, 2.24) is 4.90 Å². The van der Waals surface area contributed by atoms with Crippen molar-refractivity contribution in [2.24, 2.45) is 0 Å². The van der Waals surface area contributed by atoms with Gasteiger partial charge in [-0.1, -0.05) is 0 Å². The van der Waals surface area contributed by atoms with Crippen molar-refractivity contribution in [2.75, 3.05) is 13.7 Å². The maximum absolute atomic E-state index is 12.7. The highest BCUT2D eigenvalue weighted by Crippen LogP contribution is 2.44. The number of phenols is 1. The predicted molar refractivity (Wildman–Crippen MR) is 89.3 cm³/mol. The van der Waals surface area contributed by atoms with Crippen molar-refractivity contribution in [2.45, 2.75) is 38.0 Å². The molecule has 25 heavy (non-hydrogen) atoms. The average Bonchev–Trinajstić information content (AvgIpc) is 2.91. The summed E-state index contributed by atoms with van der Waals surface area (Å²) in [5.74, 6) is 0.574. The van der Waals surface area contributed by atoms with Gasteiger partial charge in [0.1, 0.15) is 0 Å². The summed E-state index contributed by atoms with van der Waals surface area (Å²) < 4.78 is 43.2. The van der Waals surface area contributed by atoms with E-state index in [0.29, 0.717) is 23.6 Å². The molecule has 3 heterocycles. The van der Waals surface area contributed by atoms with Gasteiger partial charge in [0, 0.05) is 35.3 Å². The van der Waals surface area contributed by atoms with Crippen LogP contribution >= 0.6 is 11.3 Å². The Morgan fingerprint density at radius 3 is 2.80 bits per heavy atom. The molecule has 0 fully saturated rings. The number of rotatable bonds is 2. The van der Waals surface area contributed by atoms with Gasteiger partial charge in [-0.15, -0.1) is 11.3 Å². The predicted octanol–water partition coefficient (Wildman–Crippen LogP) is 4.22. The molecule has 1 atom stereocenters. The summed E-state index contributed by atoms with van der Waals surface area (Å²) in [6.07, 6.45) is -3.49. The van der Waals surface area contributed by atoms with Gasteiger partial charge in [-0.25, -0.2) is 0 Å². The summed E-state index contributed by atoms with van der Waals surface area (Å²) in [5.41, 5.74) is 3.22. The molecular weight excluding hydrogens is 351 g/mol. The van der Waals surface area contributed by atoms with E-state index in [1.807, 2.05) is 6.07 Å². The molecule has 1 N–H and O–H groups in total. The number of benzene rings is 1. The van der Waals surface area contributed by atoms with E-state index in [1.165, 1.54) is 18.4 Å². The van der Waals surface area contributed by atoms with E-state index >= 15 is 0 Å². The first-order chi connectivity index (χ1) is 11.8. The highest BCUT2D eigenvalue weighted by Gasteiger charge is 2.35. The van der Waals surface area contributed by atoms with Gasteiger partial charge in [0.05, 0.1) is 13.5 Å². The number of aromatic hydroxyl groups is 1. The number of hydrogen-bond acceptors (Lipinski definition) is 4. The summed E-state index contributed by atoms with van der Waals surface area (Å²) in [7, 11) is 1.53. The first-order valence-corrected chi connectivity index (χ1v) is 8.97.